The average Bonchev–Trinajstić information content (AvgIpc) is 3.40. The number of nitrogens with one attached hydrogen (secondary N) is 1. The number of rotatable bonds is 6. The Labute approximate surface area is 210 Å². The second kappa shape index (κ2) is 10.5. The zero-order valence-corrected chi connectivity index (χ0v) is 20.5. The molecule has 3 aromatic carbocycles. The summed E-state index contributed by atoms with van der Waals surface area (Å²) >= 11 is 1.49. The maximum atomic E-state index is 13.5. The molecule has 1 saturated heterocycles. The lowest BCUT2D eigenvalue weighted by Gasteiger charge is -2.30. The molecule has 6 heteroatoms. The molecule has 0 aliphatic carbocycles. The van der Waals surface area contributed by atoms with E-state index in [0.29, 0.717) is 23.6 Å². The molecule has 0 radical (unpaired) electrons. The number of para-hydroxylation sites is 1. The first kappa shape index (κ1) is 23.4. The summed E-state index contributed by atoms with van der Waals surface area (Å²) in [7, 11) is 0. The van der Waals surface area contributed by atoms with E-state index in [4.69, 9.17) is 4.74 Å². The molecule has 2 heterocycles. The summed E-state index contributed by atoms with van der Waals surface area (Å²) in [6.07, 6.45) is 4.05. The third kappa shape index (κ3) is 5.50. The highest BCUT2D eigenvalue weighted by Gasteiger charge is 2.29. The normalized spacial score (nSPS) is 18.5. The molecule has 1 unspecified atom stereocenters. The Kier molecular flexibility index (Phi) is 7.02. The minimum Gasteiger partial charge on any atom is -0.376 e. The predicted octanol–water partition coefficient (Wildman–Crippen LogP) is 5.58. The molecule has 2 amide bonds. The first-order valence-electron chi connectivity index (χ1n) is 11.9. The Morgan fingerprint density at radius 2 is 1.86 bits per heavy atom. The molecule has 178 valence electrons. The van der Waals surface area contributed by atoms with E-state index in [9.17, 15) is 9.59 Å². The second-order valence-electron chi connectivity index (χ2n) is 8.92. The minimum atomic E-state index is -0.110. The summed E-state index contributed by atoms with van der Waals surface area (Å²) < 4.78 is 5.57. The number of carbonyl (C=O) groups excluding carboxylic acids is 2. The van der Waals surface area contributed by atoms with Gasteiger partial charge in [0.2, 0.25) is 0 Å². The third-order valence-corrected chi connectivity index (χ3v) is 7.36. The van der Waals surface area contributed by atoms with Crippen LogP contribution in [-0.2, 0) is 16.1 Å². The summed E-state index contributed by atoms with van der Waals surface area (Å²) in [6.45, 7) is 3.87. The van der Waals surface area contributed by atoms with Crippen molar-refractivity contribution in [2.75, 3.05) is 18.1 Å². The van der Waals surface area contributed by atoms with E-state index in [-0.39, 0.29) is 17.9 Å². The van der Waals surface area contributed by atoms with Crippen molar-refractivity contribution >= 4 is 35.3 Å². The van der Waals surface area contributed by atoms with Crippen molar-refractivity contribution in [1.82, 2.24) is 5.32 Å². The molecule has 0 spiro atoms. The van der Waals surface area contributed by atoms with Gasteiger partial charge in [0.15, 0.2) is 0 Å². The molecule has 5 rings (SSSR count). The van der Waals surface area contributed by atoms with E-state index in [1.54, 1.807) is 12.1 Å². The molecular formula is C29H28N2O3S. The first-order valence-corrected chi connectivity index (χ1v) is 12.7. The van der Waals surface area contributed by atoms with Crippen LogP contribution >= 0.6 is 11.8 Å². The van der Waals surface area contributed by atoms with Crippen molar-refractivity contribution in [1.29, 1.82) is 0 Å². The predicted molar refractivity (Wildman–Crippen MR) is 140 cm³/mol. The van der Waals surface area contributed by atoms with Crippen LogP contribution in [0.4, 0.5) is 5.69 Å². The number of benzene rings is 3. The van der Waals surface area contributed by atoms with Crippen molar-refractivity contribution < 1.29 is 14.3 Å². The summed E-state index contributed by atoms with van der Waals surface area (Å²) in [5, 5.41) is 2.95. The van der Waals surface area contributed by atoms with Gasteiger partial charge in [-0.15, -0.1) is 0 Å². The van der Waals surface area contributed by atoms with Crippen LogP contribution in [0.5, 0.6) is 0 Å². The largest absolute Gasteiger partial charge is 0.376 e. The van der Waals surface area contributed by atoms with Gasteiger partial charge in [0.1, 0.15) is 0 Å². The zero-order valence-electron chi connectivity index (χ0n) is 19.7. The first-order chi connectivity index (χ1) is 17.1. The lowest BCUT2D eigenvalue weighted by molar-refractivity contribution is -0.114. The fourth-order valence-corrected chi connectivity index (χ4v) is 5.35. The van der Waals surface area contributed by atoms with Crippen LogP contribution in [0.3, 0.4) is 0 Å². The molecule has 5 nitrogen and oxygen atoms in total. The highest BCUT2D eigenvalue weighted by Crippen LogP contribution is 2.42. The van der Waals surface area contributed by atoms with Gasteiger partial charge >= 0.3 is 0 Å². The van der Waals surface area contributed by atoms with Crippen molar-refractivity contribution in [2.24, 2.45) is 0 Å². The molecule has 0 saturated carbocycles. The van der Waals surface area contributed by atoms with E-state index in [0.717, 1.165) is 41.2 Å². The summed E-state index contributed by atoms with van der Waals surface area (Å²) in [6, 6.07) is 23.6. The monoisotopic (exact) mass is 484 g/mol. The highest BCUT2D eigenvalue weighted by atomic mass is 32.2. The van der Waals surface area contributed by atoms with Gasteiger partial charge in [-0.25, -0.2) is 0 Å². The number of carbonyl (C=O) groups is 2. The van der Waals surface area contributed by atoms with Crippen LogP contribution in [0, 0.1) is 6.92 Å². The van der Waals surface area contributed by atoms with Gasteiger partial charge in [-0.1, -0.05) is 65.9 Å². The molecule has 1 N–H and O–H groups in total. The van der Waals surface area contributed by atoms with Crippen molar-refractivity contribution in [3.8, 4) is 0 Å². The number of hydrogen-bond donors (Lipinski definition) is 1. The number of anilines is 1. The Morgan fingerprint density at radius 3 is 2.60 bits per heavy atom. The Morgan fingerprint density at radius 1 is 1.09 bits per heavy atom. The van der Waals surface area contributed by atoms with Gasteiger partial charge in [-0.05, 0) is 61.2 Å². The van der Waals surface area contributed by atoms with E-state index in [1.165, 1.54) is 17.3 Å². The Bertz CT molecular complexity index is 1250. The van der Waals surface area contributed by atoms with Gasteiger partial charge in [0, 0.05) is 23.6 Å². The zero-order chi connectivity index (χ0) is 24.2. The van der Waals surface area contributed by atoms with Gasteiger partial charge in [0.05, 0.1) is 23.2 Å². The average molecular weight is 485 g/mol. The van der Waals surface area contributed by atoms with E-state index in [2.05, 4.69) is 36.5 Å². The van der Waals surface area contributed by atoms with Crippen LogP contribution in [0.15, 0.2) is 82.6 Å². The van der Waals surface area contributed by atoms with Crippen molar-refractivity contribution in [3.05, 3.63) is 100.0 Å². The summed E-state index contributed by atoms with van der Waals surface area (Å²) in [5.74, 6) is -0.131. The van der Waals surface area contributed by atoms with E-state index in [1.807, 2.05) is 47.4 Å². The van der Waals surface area contributed by atoms with Crippen molar-refractivity contribution in [2.45, 2.75) is 37.3 Å². The molecule has 3 aromatic rings. The topological polar surface area (TPSA) is 58.6 Å². The Balaban J connectivity index is 1.33. The lowest BCUT2D eigenvalue weighted by atomic mass is 10.1. The quantitative estimate of drug-likeness (QED) is 0.464. The fraction of sp³-hybridized carbons (Fsp3) is 0.241. The van der Waals surface area contributed by atoms with Gasteiger partial charge in [-0.3, -0.25) is 9.59 Å². The van der Waals surface area contributed by atoms with Gasteiger partial charge in [-0.2, -0.15) is 0 Å². The molecule has 0 bridgehead atoms. The number of thioether (sulfide) groups is 1. The summed E-state index contributed by atoms with van der Waals surface area (Å²) in [5.41, 5.74) is 4.69. The molecule has 2 aliphatic heterocycles. The number of ether oxygens (including phenoxy) is 1. The Hall–Kier alpha value is -3.35. The highest BCUT2D eigenvalue weighted by molar-refractivity contribution is 8.04. The van der Waals surface area contributed by atoms with Crippen LogP contribution in [0.1, 0.15) is 39.9 Å². The summed E-state index contributed by atoms with van der Waals surface area (Å²) in [4.78, 5) is 29.5. The van der Waals surface area contributed by atoms with E-state index >= 15 is 0 Å². The number of nitrogens with zero attached hydrogens (tertiary/aromatic N) is 1. The van der Waals surface area contributed by atoms with Gasteiger partial charge in [0.25, 0.3) is 11.8 Å². The molecule has 0 aromatic heterocycles. The van der Waals surface area contributed by atoms with E-state index < -0.39 is 0 Å². The smallest absolute Gasteiger partial charge is 0.265 e. The molecule has 2 aliphatic rings. The maximum Gasteiger partial charge on any atom is 0.265 e. The molecular weight excluding hydrogens is 456 g/mol. The number of amides is 2. The lowest BCUT2D eigenvalue weighted by Crippen LogP contribution is -2.33. The van der Waals surface area contributed by atoms with Gasteiger partial charge < -0.3 is 15.0 Å². The molecule has 1 atom stereocenters. The number of fused-ring (bicyclic) bond motifs is 1. The van der Waals surface area contributed by atoms with Crippen LogP contribution in [0.25, 0.3) is 6.08 Å². The maximum absolute atomic E-state index is 13.5. The van der Waals surface area contributed by atoms with Crippen LogP contribution in [0.2, 0.25) is 0 Å². The third-order valence-electron chi connectivity index (χ3n) is 6.28. The SMILES string of the molecule is Cc1ccc(CN2C(=O)C(=Cc3ccc(C(=O)NCC4CCCO4)cc3)Sc3ccccc32)cc1. The number of hydrogen-bond acceptors (Lipinski definition) is 4. The fourth-order valence-electron chi connectivity index (χ4n) is 4.29. The molecule has 35 heavy (non-hydrogen) atoms. The molecule has 1 fully saturated rings. The minimum absolute atomic E-state index is 0.0207. The standard InChI is InChI=1S/C29H28N2O3S/c1-20-8-10-22(11-9-20)19-31-25-6-2-3-7-26(25)35-27(29(31)33)17-21-12-14-23(15-13-21)28(32)30-18-24-5-4-16-34-24/h2-3,6-15,17,24H,4-5,16,18-19H2,1H3,(H,30,32). The second-order valence-corrected chi connectivity index (χ2v) is 10.0. The number of aryl methyl sites for hydroxylation is 1. The van der Waals surface area contributed by atoms with Crippen LogP contribution in [-0.4, -0.2) is 31.1 Å². The van der Waals surface area contributed by atoms with Crippen molar-refractivity contribution in [3.63, 3.8) is 0 Å². The van der Waals surface area contributed by atoms with Crippen LogP contribution < -0.4 is 10.2 Å².